The number of carbonyl (C=O) groups excluding carboxylic acids is 1. The lowest BCUT2D eigenvalue weighted by molar-refractivity contribution is -0.0401. The van der Waals surface area contributed by atoms with Crippen molar-refractivity contribution in [1.29, 1.82) is 0 Å². The molecule has 0 bridgehead atoms. The molecule has 1 aliphatic heterocycles. The molecule has 0 N–H and O–H groups in total. The molecule has 0 spiro atoms. The molecule has 1 aromatic carbocycles. The van der Waals surface area contributed by atoms with Gasteiger partial charge in [0.2, 0.25) is 0 Å². The van der Waals surface area contributed by atoms with Crippen LogP contribution in [0.4, 0.5) is 0 Å². The highest BCUT2D eigenvalue weighted by Crippen LogP contribution is 2.33. The maximum atomic E-state index is 13.2. The molecule has 4 rings (SSSR count). The van der Waals surface area contributed by atoms with E-state index in [1.54, 1.807) is 48.5 Å². The van der Waals surface area contributed by atoms with Crippen molar-refractivity contribution in [2.75, 3.05) is 33.4 Å². The summed E-state index contributed by atoms with van der Waals surface area (Å²) in [7, 11) is 1.61. The summed E-state index contributed by atoms with van der Waals surface area (Å²) in [6.07, 6.45) is 5.96. The van der Waals surface area contributed by atoms with Crippen molar-refractivity contribution in [2.45, 2.75) is 37.9 Å². The van der Waals surface area contributed by atoms with Gasteiger partial charge in [0.1, 0.15) is 12.7 Å². The van der Waals surface area contributed by atoms with E-state index in [1.807, 2.05) is 0 Å². The van der Waals surface area contributed by atoms with Crippen LogP contribution in [0.5, 0.6) is 17.2 Å². The molecule has 1 saturated carbocycles. The molecule has 8 heteroatoms. The summed E-state index contributed by atoms with van der Waals surface area (Å²) in [4.78, 5) is 18.9. The van der Waals surface area contributed by atoms with Gasteiger partial charge in [-0.15, -0.1) is 0 Å². The average Bonchev–Trinajstić information content (AvgIpc) is 3.31. The molecule has 0 radical (unpaired) electrons. The van der Waals surface area contributed by atoms with E-state index >= 15 is 0 Å². The second-order valence-electron chi connectivity index (χ2n) is 7.74. The standard InChI is InChI=1S/C23H27ClN2O5/c1-28-19-9-8-16(13-21(19)31-17-5-2-3-6-17)23(27)26-11-12-29-18(14-26)15-30-20-7-4-10-25-22(20)24/h4,7-10,13,17-18H,2-3,5-6,11-12,14-15H2,1H3. The Morgan fingerprint density at radius 3 is 2.84 bits per heavy atom. The van der Waals surface area contributed by atoms with Crippen LogP contribution in [0.3, 0.4) is 0 Å². The molecule has 2 aromatic rings. The molecule has 2 aliphatic rings. The van der Waals surface area contributed by atoms with Gasteiger partial charge in [-0.3, -0.25) is 4.79 Å². The van der Waals surface area contributed by atoms with Crippen LogP contribution in [-0.2, 0) is 4.74 Å². The van der Waals surface area contributed by atoms with Crippen LogP contribution in [0, 0.1) is 0 Å². The first kappa shape index (κ1) is 21.7. The Bertz CT molecular complexity index is 903. The average molecular weight is 447 g/mol. The van der Waals surface area contributed by atoms with Crippen molar-refractivity contribution >= 4 is 17.5 Å². The minimum absolute atomic E-state index is 0.0633. The van der Waals surface area contributed by atoms with E-state index < -0.39 is 0 Å². The first-order valence-electron chi connectivity index (χ1n) is 10.6. The minimum atomic E-state index is -0.249. The summed E-state index contributed by atoms with van der Waals surface area (Å²) < 4.78 is 23.1. The Morgan fingerprint density at radius 2 is 2.06 bits per heavy atom. The Balaban J connectivity index is 1.40. The molecule has 1 saturated heterocycles. The molecule has 7 nitrogen and oxygen atoms in total. The maximum Gasteiger partial charge on any atom is 0.254 e. The van der Waals surface area contributed by atoms with Gasteiger partial charge in [-0.2, -0.15) is 0 Å². The number of morpholine rings is 1. The van der Waals surface area contributed by atoms with Crippen LogP contribution in [0.2, 0.25) is 5.15 Å². The van der Waals surface area contributed by atoms with Gasteiger partial charge in [0, 0.05) is 18.3 Å². The van der Waals surface area contributed by atoms with Gasteiger partial charge in [0.25, 0.3) is 5.91 Å². The number of benzene rings is 1. The molecule has 1 atom stereocenters. The van der Waals surface area contributed by atoms with Crippen molar-refractivity contribution in [1.82, 2.24) is 9.88 Å². The van der Waals surface area contributed by atoms with Gasteiger partial charge in [0.15, 0.2) is 22.4 Å². The number of amides is 1. The van der Waals surface area contributed by atoms with Crippen LogP contribution in [0.25, 0.3) is 0 Å². The number of methoxy groups -OCH3 is 1. The summed E-state index contributed by atoms with van der Waals surface area (Å²) in [6.45, 7) is 1.69. The molecular formula is C23H27ClN2O5. The van der Waals surface area contributed by atoms with Crippen molar-refractivity contribution in [2.24, 2.45) is 0 Å². The first-order valence-corrected chi connectivity index (χ1v) is 11.0. The number of hydrogen-bond acceptors (Lipinski definition) is 6. The fourth-order valence-corrected chi connectivity index (χ4v) is 4.11. The third kappa shape index (κ3) is 5.40. The number of hydrogen-bond donors (Lipinski definition) is 0. The molecule has 166 valence electrons. The second-order valence-corrected chi connectivity index (χ2v) is 8.10. The van der Waals surface area contributed by atoms with Crippen molar-refractivity contribution in [3.63, 3.8) is 0 Å². The number of nitrogens with zero attached hydrogens (tertiary/aromatic N) is 2. The van der Waals surface area contributed by atoms with Crippen LogP contribution in [-0.4, -0.2) is 61.4 Å². The lowest BCUT2D eigenvalue weighted by Gasteiger charge is -2.33. The van der Waals surface area contributed by atoms with Crippen molar-refractivity contribution in [3.05, 3.63) is 47.2 Å². The van der Waals surface area contributed by atoms with E-state index in [0.29, 0.717) is 47.7 Å². The Labute approximate surface area is 187 Å². The van der Waals surface area contributed by atoms with E-state index in [0.717, 1.165) is 12.8 Å². The molecule has 1 aromatic heterocycles. The van der Waals surface area contributed by atoms with Gasteiger partial charge in [-0.05, 0) is 56.0 Å². The van der Waals surface area contributed by atoms with Gasteiger partial charge < -0.3 is 23.8 Å². The fraction of sp³-hybridized carbons (Fsp3) is 0.478. The van der Waals surface area contributed by atoms with Crippen LogP contribution in [0.15, 0.2) is 36.5 Å². The maximum absolute atomic E-state index is 13.2. The number of rotatable bonds is 7. The Hall–Kier alpha value is -2.51. The zero-order valence-corrected chi connectivity index (χ0v) is 18.3. The molecule has 2 heterocycles. The summed E-state index contributed by atoms with van der Waals surface area (Å²) >= 11 is 6.04. The van der Waals surface area contributed by atoms with E-state index in [2.05, 4.69) is 4.98 Å². The summed E-state index contributed by atoms with van der Waals surface area (Å²) in [5.41, 5.74) is 0.575. The zero-order valence-electron chi connectivity index (χ0n) is 17.6. The summed E-state index contributed by atoms with van der Waals surface area (Å²) in [5, 5.41) is 0.305. The predicted octanol–water partition coefficient (Wildman–Crippen LogP) is 3.99. The first-order chi connectivity index (χ1) is 15.1. The molecule has 1 unspecified atom stereocenters. The lowest BCUT2D eigenvalue weighted by Crippen LogP contribution is -2.47. The topological polar surface area (TPSA) is 70.1 Å². The quantitative estimate of drug-likeness (QED) is 0.599. The highest BCUT2D eigenvalue weighted by molar-refractivity contribution is 6.30. The van der Waals surface area contributed by atoms with E-state index in [1.165, 1.54) is 12.8 Å². The SMILES string of the molecule is COc1ccc(C(=O)N2CCOC(COc3cccnc3Cl)C2)cc1OC1CCCC1. The fourth-order valence-electron chi connectivity index (χ4n) is 3.94. The van der Waals surface area contributed by atoms with Crippen LogP contribution < -0.4 is 14.2 Å². The van der Waals surface area contributed by atoms with Gasteiger partial charge in [-0.25, -0.2) is 4.98 Å². The Morgan fingerprint density at radius 1 is 1.23 bits per heavy atom. The lowest BCUT2D eigenvalue weighted by atomic mass is 10.1. The smallest absolute Gasteiger partial charge is 0.254 e. The molecular weight excluding hydrogens is 420 g/mol. The van der Waals surface area contributed by atoms with E-state index in [-0.39, 0.29) is 24.7 Å². The number of halogens is 1. The van der Waals surface area contributed by atoms with Gasteiger partial charge in [-0.1, -0.05) is 11.6 Å². The number of pyridine rings is 1. The van der Waals surface area contributed by atoms with E-state index in [4.69, 9.17) is 30.5 Å². The number of carbonyl (C=O) groups is 1. The zero-order chi connectivity index (χ0) is 21.6. The highest BCUT2D eigenvalue weighted by atomic mass is 35.5. The minimum Gasteiger partial charge on any atom is -0.493 e. The largest absolute Gasteiger partial charge is 0.493 e. The second kappa shape index (κ2) is 10.2. The van der Waals surface area contributed by atoms with Crippen LogP contribution >= 0.6 is 11.6 Å². The third-order valence-corrected chi connectivity index (χ3v) is 5.87. The molecule has 1 aliphatic carbocycles. The monoisotopic (exact) mass is 446 g/mol. The van der Waals surface area contributed by atoms with Gasteiger partial charge >= 0.3 is 0 Å². The van der Waals surface area contributed by atoms with E-state index in [9.17, 15) is 4.79 Å². The van der Waals surface area contributed by atoms with Crippen LogP contribution in [0.1, 0.15) is 36.0 Å². The normalized spacial score (nSPS) is 19.3. The predicted molar refractivity (Wildman–Crippen MR) is 116 cm³/mol. The Kier molecular flexibility index (Phi) is 7.14. The van der Waals surface area contributed by atoms with Crippen molar-refractivity contribution in [3.8, 4) is 17.2 Å². The summed E-state index contributed by atoms with van der Waals surface area (Å²) in [5.74, 6) is 1.70. The number of ether oxygens (including phenoxy) is 4. The highest BCUT2D eigenvalue weighted by Gasteiger charge is 2.27. The molecule has 31 heavy (non-hydrogen) atoms. The van der Waals surface area contributed by atoms with Gasteiger partial charge in [0.05, 0.1) is 26.4 Å². The third-order valence-electron chi connectivity index (χ3n) is 5.58. The van der Waals surface area contributed by atoms with Crippen molar-refractivity contribution < 1.29 is 23.7 Å². The number of aromatic nitrogens is 1. The molecule has 1 amide bonds. The summed E-state index contributed by atoms with van der Waals surface area (Å²) in [6, 6.07) is 8.87. The molecule has 2 fully saturated rings.